The molecular weight excluding hydrogens is 302 g/mol. The first kappa shape index (κ1) is 15.6. The molecule has 0 aliphatic rings. The van der Waals surface area contributed by atoms with E-state index in [9.17, 15) is 9.59 Å². The fourth-order valence-electron chi connectivity index (χ4n) is 0.572. The lowest BCUT2D eigenvalue weighted by atomic mass is 10.4. The monoisotopic (exact) mass is 306 g/mol. The highest BCUT2D eigenvalue weighted by molar-refractivity contribution is 6.37. The van der Waals surface area contributed by atoms with Gasteiger partial charge in [-0.1, -0.05) is 23.2 Å². The van der Waals surface area contributed by atoms with Crippen molar-refractivity contribution in [3.8, 4) is 0 Å². The smallest absolute Gasteiger partial charge is 0.373 e. The quantitative estimate of drug-likeness (QED) is 0.367. The molecule has 8 heteroatoms. The summed E-state index contributed by atoms with van der Waals surface area (Å²) in [5.74, 6) is -3.62. The minimum absolute atomic E-state index is 0.0124. The van der Waals surface area contributed by atoms with Gasteiger partial charge in [0.25, 0.3) is 0 Å². The zero-order valence-corrected chi connectivity index (χ0v) is 10.7. The second kappa shape index (κ2) is 7.79. The fraction of sp³-hybridized carbons (Fsp3) is 0.250. The van der Waals surface area contributed by atoms with Gasteiger partial charge in [0, 0.05) is 11.1 Å². The highest BCUT2D eigenvalue weighted by Gasteiger charge is 2.17. The zero-order chi connectivity index (χ0) is 12.7. The van der Waals surface area contributed by atoms with Gasteiger partial charge in [0.2, 0.25) is 5.76 Å². The Morgan fingerprint density at radius 3 is 2.12 bits per heavy atom. The molecule has 16 heavy (non-hydrogen) atoms. The molecule has 0 saturated carbocycles. The highest BCUT2D eigenvalue weighted by Crippen LogP contribution is 2.14. The minimum atomic E-state index is -1.51. The lowest BCUT2D eigenvalue weighted by Crippen LogP contribution is -2.11. The molecule has 0 aromatic heterocycles. The van der Waals surface area contributed by atoms with E-state index >= 15 is 0 Å². The Morgan fingerprint density at radius 1 is 1.19 bits per heavy atom. The second-order valence-electron chi connectivity index (χ2n) is 2.32. The maximum Gasteiger partial charge on any atom is 0.373 e. The number of carboxylic acid groups (broad SMARTS) is 1. The van der Waals surface area contributed by atoms with Crippen LogP contribution in [0.5, 0.6) is 0 Å². The molecule has 0 fully saturated rings. The second-order valence-corrected chi connectivity index (χ2v) is 3.79. The first-order chi connectivity index (χ1) is 7.42. The van der Waals surface area contributed by atoms with Crippen molar-refractivity contribution in [1.82, 2.24) is 0 Å². The van der Waals surface area contributed by atoms with Gasteiger partial charge in [-0.2, -0.15) is 0 Å². The number of aliphatic carboxylic acids is 1. The van der Waals surface area contributed by atoms with Crippen LogP contribution < -0.4 is 0 Å². The number of hydrogen-bond acceptors (Lipinski definition) is 3. The molecule has 90 valence electrons. The van der Waals surface area contributed by atoms with Crippen LogP contribution in [-0.4, -0.2) is 28.8 Å². The number of hydrogen-bond donors (Lipinski definition) is 1. The number of alkyl halides is 2. The summed E-state index contributed by atoms with van der Waals surface area (Å²) in [7, 11) is 0. The number of carbonyl (C=O) groups is 2. The van der Waals surface area contributed by atoms with Crippen LogP contribution in [0.1, 0.15) is 0 Å². The highest BCUT2D eigenvalue weighted by atomic mass is 35.5. The molecule has 0 unspecified atom stereocenters. The van der Waals surface area contributed by atoms with Crippen LogP contribution >= 0.6 is 46.4 Å². The summed E-state index contributed by atoms with van der Waals surface area (Å²) in [6.07, 6.45) is 0.843. The summed E-state index contributed by atoms with van der Waals surface area (Å²) < 4.78 is 4.44. The Morgan fingerprint density at radius 2 is 1.75 bits per heavy atom. The van der Waals surface area contributed by atoms with Crippen LogP contribution in [0.3, 0.4) is 0 Å². The molecule has 0 aliphatic heterocycles. The van der Waals surface area contributed by atoms with Crippen LogP contribution in [0.2, 0.25) is 0 Å². The number of rotatable bonds is 5. The zero-order valence-electron chi connectivity index (χ0n) is 7.68. The molecule has 0 saturated heterocycles. The SMILES string of the molecule is O=C(C=C(Cl)CCl)OC(C(=O)O)=C(Cl)CCl. The Bertz CT molecular complexity index is 348. The van der Waals surface area contributed by atoms with E-state index in [0.29, 0.717) is 0 Å². The van der Waals surface area contributed by atoms with Crippen LogP contribution in [0.4, 0.5) is 0 Å². The molecule has 0 aliphatic carbocycles. The van der Waals surface area contributed by atoms with Gasteiger partial charge in [0.15, 0.2) is 0 Å². The van der Waals surface area contributed by atoms with Crippen LogP contribution in [0.15, 0.2) is 21.9 Å². The van der Waals surface area contributed by atoms with Gasteiger partial charge < -0.3 is 9.84 Å². The van der Waals surface area contributed by atoms with Gasteiger partial charge >= 0.3 is 11.9 Å². The van der Waals surface area contributed by atoms with E-state index in [1.807, 2.05) is 0 Å². The van der Waals surface area contributed by atoms with E-state index in [1.165, 1.54) is 0 Å². The summed E-state index contributed by atoms with van der Waals surface area (Å²) >= 11 is 21.5. The maximum atomic E-state index is 11.1. The lowest BCUT2D eigenvalue weighted by Gasteiger charge is -2.03. The summed E-state index contributed by atoms with van der Waals surface area (Å²) in [4.78, 5) is 21.7. The Hall–Kier alpha value is -0.420. The summed E-state index contributed by atoms with van der Waals surface area (Å²) in [6.45, 7) is 0. The molecule has 0 heterocycles. The Balaban J connectivity index is 4.81. The molecule has 0 aromatic carbocycles. The normalized spacial score (nSPS) is 13.1. The van der Waals surface area contributed by atoms with E-state index in [0.717, 1.165) is 6.08 Å². The number of allylic oxidation sites excluding steroid dienone is 2. The van der Waals surface area contributed by atoms with E-state index in [1.54, 1.807) is 0 Å². The van der Waals surface area contributed by atoms with Crippen molar-refractivity contribution in [2.24, 2.45) is 0 Å². The summed E-state index contributed by atoms with van der Waals surface area (Å²) in [5, 5.41) is 8.38. The molecule has 0 rings (SSSR count). The van der Waals surface area contributed by atoms with Crippen molar-refractivity contribution >= 4 is 58.3 Å². The van der Waals surface area contributed by atoms with Gasteiger partial charge in [0.05, 0.1) is 16.8 Å². The van der Waals surface area contributed by atoms with Crippen LogP contribution in [-0.2, 0) is 14.3 Å². The molecule has 1 N–H and O–H groups in total. The topological polar surface area (TPSA) is 63.6 Å². The van der Waals surface area contributed by atoms with Gasteiger partial charge in [0.1, 0.15) is 0 Å². The first-order valence-corrected chi connectivity index (χ1v) is 5.56. The average Bonchev–Trinajstić information content (AvgIpc) is 2.24. The molecule has 0 amide bonds. The average molecular weight is 308 g/mol. The predicted octanol–water partition coefficient (Wildman–Crippen LogP) is 2.66. The molecule has 0 aromatic rings. The van der Waals surface area contributed by atoms with Crippen molar-refractivity contribution in [1.29, 1.82) is 0 Å². The summed E-state index contributed by atoms with van der Waals surface area (Å²) in [6, 6.07) is 0. The molecule has 0 atom stereocenters. The van der Waals surface area contributed by atoms with Gasteiger partial charge in [-0.15, -0.1) is 23.2 Å². The molecule has 0 bridgehead atoms. The van der Waals surface area contributed by atoms with Crippen molar-refractivity contribution in [3.63, 3.8) is 0 Å². The third-order valence-electron chi connectivity index (χ3n) is 1.16. The van der Waals surface area contributed by atoms with Gasteiger partial charge in [-0.05, 0) is 0 Å². The lowest BCUT2D eigenvalue weighted by molar-refractivity contribution is -0.145. The molecular formula is C8H6Cl4O4. The van der Waals surface area contributed by atoms with E-state index in [4.69, 9.17) is 51.5 Å². The first-order valence-electron chi connectivity index (χ1n) is 3.74. The number of ether oxygens (including phenoxy) is 1. The fourth-order valence-corrected chi connectivity index (χ4v) is 0.979. The maximum absolute atomic E-state index is 11.1. The van der Waals surface area contributed by atoms with Gasteiger partial charge in [-0.3, -0.25) is 0 Å². The molecule has 0 spiro atoms. The number of carbonyl (C=O) groups excluding carboxylic acids is 1. The largest absolute Gasteiger partial charge is 0.475 e. The molecule has 4 nitrogen and oxygen atoms in total. The van der Waals surface area contributed by atoms with Crippen molar-refractivity contribution in [2.75, 3.05) is 11.8 Å². The number of halogens is 4. The van der Waals surface area contributed by atoms with Crippen LogP contribution in [0.25, 0.3) is 0 Å². The van der Waals surface area contributed by atoms with E-state index in [-0.39, 0.29) is 21.8 Å². The Labute approximate surface area is 111 Å². The van der Waals surface area contributed by atoms with E-state index in [2.05, 4.69) is 4.74 Å². The van der Waals surface area contributed by atoms with Crippen molar-refractivity contribution in [2.45, 2.75) is 0 Å². The third-order valence-corrected chi connectivity index (χ3v) is 2.54. The van der Waals surface area contributed by atoms with Crippen molar-refractivity contribution < 1.29 is 19.4 Å². The number of carboxylic acids is 1. The van der Waals surface area contributed by atoms with Crippen molar-refractivity contribution in [3.05, 3.63) is 21.9 Å². The third kappa shape index (κ3) is 5.61. The number of esters is 1. The van der Waals surface area contributed by atoms with E-state index < -0.39 is 17.7 Å². The standard InChI is InChI=1S/C8H6Cl4O4/c9-2-4(11)1-6(13)16-7(8(14)15)5(12)3-10/h1H,2-3H2,(H,14,15). The Kier molecular flexibility index (Phi) is 7.58. The minimum Gasteiger partial charge on any atom is -0.475 e. The van der Waals surface area contributed by atoms with Gasteiger partial charge in [-0.25, -0.2) is 9.59 Å². The molecule has 0 radical (unpaired) electrons. The summed E-state index contributed by atoms with van der Waals surface area (Å²) in [5.41, 5.74) is 0. The van der Waals surface area contributed by atoms with Crippen LogP contribution in [0, 0.1) is 0 Å². The predicted molar refractivity (Wildman–Crippen MR) is 62.0 cm³/mol.